The fourth-order valence-corrected chi connectivity index (χ4v) is 2.42. The number of benzene rings is 1. The lowest BCUT2D eigenvalue weighted by atomic mass is 10.1. The number of hydrogen-bond acceptors (Lipinski definition) is 2. The van der Waals surface area contributed by atoms with Crippen molar-refractivity contribution in [3.05, 3.63) is 35.9 Å². The number of hydrogen-bond donors (Lipinski definition) is 1. The second kappa shape index (κ2) is 6.81. The van der Waals surface area contributed by atoms with Gasteiger partial charge in [-0.25, -0.2) is 0 Å². The van der Waals surface area contributed by atoms with E-state index in [1.54, 1.807) is 0 Å². The van der Waals surface area contributed by atoms with E-state index < -0.39 is 24.7 Å². The lowest BCUT2D eigenvalue weighted by Crippen LogP contribution is -2.43. The molecule has 1 atom stereocenters. The maximum atomic E-state index is 12.3. The molecule has 0 radical (unpaired) electrons. The largest absolute Gasteiger partial charge is 0.406 e. The minimum absolute atomic E-state index is 0.0158. The molecule has 1 heterocycles. The number of amides is 2. The van der Waals surface area contributed by atoms with Gasteiger partial charge in [0, 0.05) is 13.0 Å². The zero-order valence-electron chi connectivity index (χ0n) is 11.9. The Hall–Kier alpha value is -2.05. The molecule has 2 rings (SSSR count). The van der Waals surface area contributed by atoms with E-state index in [-0.39, 0.29) is 25.3 Å². The van der Waals surface area contributed by atoms with Gasteiger partial charge in [-0.3, -0.25) is 9.59 Å². The maximum absolute atomic E-state index is 12.3. The summed E-state index contributed by atoms with van der Waals surface area (Å²) < 4.78 is 36.9. The Morgan fingerprint density at radius 2 is 1.95 bits per heavy atom. The van der Waals surface area contributed by atoms with Crippen molar-refractivity contribution in [2.75, 3.05) is 13.1 Å². The lowest BCUT2D eigenvalue weighted by molar-refractivity contribution is -0.158. The topological polar surface area (TPSA) is 49.4 Å². The first-order valence-electron chi connectivity index (χ1n) is 7.04. The Labute approximate surface area is 126 Å². The third-order valence-electron chi connectivity index (χ3n) is 3.49. The van der Waals surface area contributed by atoms with Gasteiger partial charge >= 0.3 is 6.18 Å². The van der Waals surface area contributed by atoms with Crippen LogP contribution in [0.2, 0.25) is 0 Å². The Bertz CT molecular complexity index is 531. The molecule has 0 bridgehead atoms. The third-order valence-corrected chi connectivity index (χ3v) is 3.49. The highest BCUT2D eigenvalue weighted by molar-refractivity contribution is 5.89. The number of carbonyl (C=O) groups is 2. The average Bonchev–Trinajstić information content (AvgIpc) is 2.77. The van der Waals surface area contributed by atoms with Crippen molar-refractivity contribution < 1.29 is 22.8 Å². The number of nitrogens with one attached hydrogen (secondary N) is 1. The Balaban J connectivity index is 1.79. The van der Waals surface area contributed by atoms with Crippen LogP contribution >= 0.6 is 0 Å². The van der Waals surface area contributed by atoms with Gasteiger partial charge in [0.15, 0.2) is 0 Å². The minimum Gasteiger partial charge on any atom is -0.344 e. The standard InChI is InChI=1S/C15H17F3N2O2/c16-15(17,18)10-20-9-8-12(14(20)22)19-13(21)7-6-11-4-2-1-3-5-11/h1-5,12H,6-10H2,(H,19,21)/t12-/m1/s1. The molecule has 1 fully saturated rings. The van der Waals surface area contributed by atoms with Gasteiger partial charge in [-0.2, -0.15) is 13.2 Å². The van der Waals surface area contributed by atoms with Crippen LogP contribution in [0.5, 0.6) is 0 Å². The van der Waals surface area contributed by atoms with Gasteiger partial charge in [-0.1, -0.05) is 30.3 Å². The average molecular weight is 314 g/mol. The van der Waals surface area contributed by atoms with Crippen molar-refractivity contribution in [3.8, 4) is 0 Å². The molecule has 0 spiro atoms. The van der Waals surface area contributed by atoms with Crippen LogP contribution in [0, 0.1) is 0 Å². The van der Waals surface area contributed by atoms with Crippen molar-refractivity contribution in [1.29, 1.82) is 0 Å². The van der Waals surface area contributed by atoms with Crippen LogP contribution in [-0.4, -0.2) is 42.0 Å². The van der Waals surface area contributed by atoms with Gasteiger partial charge < -0.3 is 10.2 Å². The minimum atomic E-state index is -4.41. The first kappa shape index (κ1) is 16.3. The van der Waals surface area contributed by atoms with Crippen molar-refractivity contribution >= 4 is 11.8 Å². The number of alkyl halides is 3. The molecule has 1 aromatic rings. The third kappa shape index (κ3) is 4.75. The van der Waals surface area contributed by atoms with E-state index in [0.29, 0.717) is 6.42 Å². The van der Waals surface area contributed by atoms with Crippen molar-refractivity contribution in [2.45, 2.75) is 31.5 Å². The summed E-state index contributed by atoms with van der Waals surface area (Å²) in [5.74, 6) is -0.985. The van der Waals surface area contributed by atoms with Crippen LogP contribution < -0.4 is 5.32 Å². The normalized spacial score (nSPS) is 18.6. The van der Waals surface area contributed by atoms with E-state index in [4.69, 9.17) is 0 Å². The SMILES string of the molecule is O=C(CCc1ccccc1)N[C@@H]1CCN(CC(F)(F)F)C1=O. The van der Waals surface area contributed by atoms with Crippen LogP contribution in [0.15, 0.2) is 30.3 Å². The molecule has 0 aromatic heterocycles. The van der Waals surface area contributed by atoms with Crippen molar-refractivity contribution in [3.63, 3.8) is 0 Å². The monoisotopic (exact) mass is 314 g/mol. The Morgan fingerprint density at radius 1 is 1.27 bits per heavy atom. The molecular weight excluding hydrogens is 297 g/mol. The number of aryl methyl sites for hydroxylation is 1. The van der Waals surface area contributed by atoms with Gasteiger partial charge in [-0.15, -0.1) is 0 Å². The number of carbonyl (C=O) groups excluding carboxylic acids is 2. The molecule has 0 aliphatic carbocycles. The lowest BCUT2D eigenvalue weighted by Gasteiger charge is -2.18. The summed E-state index contributed by atoms with van der Waals surface area (Å²) in [6.45, 7) is -1.25. The molecule has 7 heteroatoms. The van der Waals surface area contributed by atoms with Crippen molar-refractivity contribution in [2.24, 2.45) is 0 Å². The van der Waals surface area contributed by atoms with Crippen LogP contribution in [-0.2, 0) is 16.0 Å². The van der Waals surface area contributed by atoms with Crippen LogP contribution in [0.3, 0.4) is 0 Å². The first-order valence-corrected chi connectivity index (χ1v) is 7.04. The summed E-state index contributed by atoms with van der Waals surface area (Å²) in [5.41, 5.74) is 0.995. The highest BCUT2D eigenvalue weighted by atomic mass is 19.4. The summed E-state index contributed by atoms with van der Waals surface area (Å²) >= 11 is 0. The molecule has 2 amide bonds. The summed E-state index contributed by atoms with van der Waals surface area (Å²) in [6.07, 6.45) is -3.47. The van der Waals surface area contributed by atoms with E-state index in [9.17, 15) is 22.8 Å². The molecule has 22 heavy (non-hydrogen) atoms. The second-order valence-corrected chi connectivity index (χ2v) is 5.27. The smallest absolute Gasteiger partial charge is 0.344 e. The van der Waals surface area contributed by atoms with Crippen LogP contribution in [0.4, 0.5) is 13.2 Å². The second-order valence-electron chi connectivity index (χ2n) is 5.27. The van der Waals surface area contributed by atoms with E-state index >= 15 is 0 Å². The predicted octanol–water partition coefficient (Wildman–Crippen LogP) is 1.90. The zero-order chi connectivity index (χ0) is 16.2. The van der Waals surface area contributed by atoms with E-state index in [0.717, 1.165) is 10.5 Å². The quantitative estimate of drug-likeness (QED) is 0.902. The molecule has 120 valence electrons. The van der Waals surface area contributed by atoms with Gasteiger partial charge in [-0.05, 0) is 18.4 Å². The molecule has 0 unspecified atom stereocenters. The fourth-order valence-electron chi connectivity index (χ4n) is 2.42. The number of rotatable bonds is 5. The highest BCUT2D eigenvalue weighted by Gasteiger charge is 2.39. The van der Waals surface area contributed by atoms with Gasteiger partial charge in [0.2, 0.25) is 11.8 Å². The molecule has 0 saturated carbocycles. The number of halogens is 3. The van der Waals surface area contributed by atoms with Crippen molar-refractivity contribution in [1.82, 2.24) is 10.2 Å². The van der Waals surface area contributed by atoms with Gasteiger partial charge in [0.1, 0.15) is 12.6 Å². The molecule has 4 nitrogen and oxygen atoms in total. The van der Waals surface area contributed by atoms with Gasteiger partial charge in [0.05, 0.1) is 0 Å². The molecular formula is C15H17F3N2O2. The fraction of sp³-hybridized carbons (Fsp3) is 0.467. The summed E-state index contributed by atoms with van der Waals surface area (Å²) in [4.78, 5) is 24.3. The van der Waals surface area contributed by atoms with E-state index in [2.05, 4.69) is 5.32 Å². The van der Waals surface area contributed by atoms with Crippen LogP contribution in [0.1, 0.15) is 18.4 Å². The van der Waals surface area contributed by atoms with E-state index in [1.165, 1.54) is 0 Å². The van der Waals surface area contributed by atoms with Gasteiger partial charge in [0.25, 0.3) is 0 Å². The molecule has 1 N–H and O–H groups in total. The number of likely N-dealkylation sites (tertiary alicyclic amines) is 1. The number of nitrogens with zero attached hydrogens (tertiary/aromatic N) is 1. The summed E-state index contributed by atoms with van der Waals surface area (Å²) in [6, 6.07) is 8.53. The first-order chi connectivity index (χ1) is 10.3. The Morgan fingerprint density at radius 3 is 2.59 bits per heavy atom. The Kier molecular flexibility index (Phi) is 5.05. The molecule has 1 aliphatic rings. The molecule has 1 aliphatic heterocycles. The predicted molar refractivity (Wildman–Crippen MR) is 73.9 cm³/mol. The summed E-state index contributed by atoms with van der Waals surface area (Å²) in [7, 11) is 0. The maximum Gasteiger partial charge on any atom is 0.406 e. The van der Waals surface area contributed by atoms with Crippen LogP contribution in [0.25, 0.3) is 0 Å². The molecule has 1 saturated heterocycles. The molecule has 1 aromatic carbocycles. The van der Waals surface area contributed by atoms with E-state index in [1.807, 2.05) is 30.3 Å². The summed E-state index contributed by atoms with van der Waals surface area (Å²) in [5, 5.41) is 2.52. The zero-order valence-corrected chi connectivity index (χ0v) is 11.9. The highest BCUT2D eigenvalue weighted by Crippen LogP contribution is 2.21.